The van der Waals surface area contributed by atoms with Crippen LogP contribution in [0.15, 0.2) is 66.9 Å². The second kappa shape index (κ2) is 15.9. The van der Waals surface area contributed by atoms with E-state index in [1.165, 1.54) is 6.42 Å². The minimum Gasteiger partial charge on any atom is -0.484 e. The number of carbonyl (C=O) groups is 2. The van der Waals surface area contributed by atoms with Gasteiger partial charge in [-0.3, -0.25) is 9.20 Å². The lowest BCUT2D eigenvalue weighted by Gasteiger charge is -2.34. The number of rotatable bonds is 11. The highest BCUT2D eigenvalue weighted by atomic mass is 35.5. The molecule has 4 heterocycles. The van der Waals surface area contributed by atoms with Gasteiger partial charge < -0.3 is 24.7 Å². The van der Waals surface area contributed by atoms with Gasteiger partial charge in [0.15, 0.2) is 11.5 Å². The topological polar surface area (TPSA) is 122 Å². The van der Waals surface area contributed by atoms with Crippen LogP contribution < -0.4 is 20.0 Å². The number of halogens is 1. The molecule has 1 fully saturated rings. The van der Waals surface area contributed by atoms with Crippen molar-refractivity contribution in [3.63, 3.8) is 0 Å². The summed E-state index contributed by atoms with van der Waals surface area (Å²) in [7, 11) is 4.02. The van der Waals surface area contributed by atoms with Crippen molar-refractivity contribution in [2.24, 2.45) is 0 Å². The number of hydrogen-bond acceptors (Lipinski definition) is 9. The van der Waals surface area contributed by atoms with Gasteiger partial charge in [-0.05, 0) is 107 Å². The standard InChI is InChI=1S/C41H50ClN9O4/c1-27-11-9-10-21-48(27)39-45-44-37-19-15-30(25-49(37)39)55-35-18-17-34(31-12-7-8-13-32(31)35)43-40(53)51(54-26-52)38-24-36(41(2,3)4)46-50(38)29-14-16-33(42)28(23-29)20-22-47(5)6/h7-8,12-16,19,23-27,34-35H,9-11,17-18,20-22H2,1-6H3,(H,43,53)/t27-,34-,35+/m0/s1. The molecule has 0 unspecified atom stereocenters. The van der Waals surface area contributed by atoms with E-state index in [2.05, 4.69) is 32.2 Å². The number of aromatic nitrogens is 5. The maximum absolute atomic E-state index is 14.2. The molecule has 290 valence electrons. The molecule has 0 radical (unpaired) electrons. The largest absolute Gasteiger partial charge is 0.484 e. The molecule has 2 amide bonds. The summed E-state index contributed by atoms with van der Waals surface area (Å²) in [5.41, 5.74) is 4.64. The summed E-state index contributed by atoms with van der Waals surface area (Å²) < 4.78 is 10.3. The van der Waals surface area contributed by atoms with Crippen LogP contribution in [0.25, 0.3) is 11.3 Å². The van der Waals surface area contributed by atoms with Crippen molar-refractivity contribution in [1.29, 1.82) is 0 Å². The number of nitrogens with one attached hydrogen (secondary N) is 1. The van der Waals surface area contributed by atoms with E-state index in [-0.39, 0.29) is 29.9 Å². The smallest absolute Gasteiger partial charge is 0.357 e. The van der Waals surface area contributed by atoms with Crippen LogP contribution in [0, 0.1) is 0 Å². The number of piperidine rings is 1. The molecule has 0 spiro atoms. The van der Waals surface area contributed by atoms with Crippen molar-refractivity contribution in [1.82, 2.24) is 34.6 Å². The summed E-state index contributed by atoms with van der Waals surface area (Å²) in [4.78, 5) is 36.0. The van der Waals surface area contributed by atoms with Crippen molar-refractivity contribution < 1.29 is 19.2 Å². The number of amides is 2. The quantitative estimate of drug-likeness (QED) is 0.107. The number of benzene rings is 2. The molecule has 2 aromatic carbocycles. The maximum Gasteiger partial charge on any atom is 0.357 e. The van der Waals surface area contributed by atoms with E-state index in [1.807, 2.05) is 100 Å². The summed E-state index contributed by atoms with van der Waals surface area (Å²) in [6.07, 6.45) is 7.15. The second-order valence-electron chi connectivity index (χ2n) is 15.8. The number of urea groups is 1. The fourth-order valence-corrected chi connectivity index (χ4v) is 7.68. The lowest BCUT2D eigenvalue weighted by molar-refractivity contribution is -0.129. The van der Waals surface area contributed by atoms with Crippen LogP contribution in [0.3, 0.4) is 0 Å². The number of fused-ring (bicyclic) bond motifs is 2. The zero-order chi connectivity index (χ0) is 38.9. The Labute approximate surface area is 327 Å². The van der Waals surface area contributed by atoms with Gasteiger partial charge in [-0.1, -0.05) is 56.6 Å². The Hall–Kier alpha value is -5.14. The Kier molecular flexibility index (Phi) is 11.0. The number of hydrogen-bond donors (Lipinski definition) is 1. The van der Waals surface area contributed by atoms with E-state index in [1.54, 1.807) is 10.7 Å². The third kappa shape index (κ3) is 8.13. The Morgan fingerprint density at radius 3 is 2.56 bits per heavy atom. The first-order valence-corrected chi connectivity index (χ1v) is 19.4. The highest BCUT2D eigenvalue weighted by molar-refractivity contribution is 6.31. The highest BCUT2D eigenvalue weighted by Crippen LogP contribution is 2.40. The Morgan fingerprint density at radius 1 is 1.02 bits per heavy atom. The van der Waals surface area contributed by atoms with Gasteiger partial charge in [-0.25, -0.2) is 9.48 Å². The molecule has 5 aromatic rings. The Morgan fingerprint density at radius 2 is 1.82 bits per heavy atom. The van der Waals surface area contributed by atoms with Gasteiger partial charge in [-0.2, -0.15) is 5.10 Å². The van der Waals surface area contributed by atoms with Gasteiger partial charge in [0.2, 0.25) is 5.95 Å². The van der Waals surface area contributed by atoms with E-state index >= 15 is 0 Å². The molecule has 0 bridgehead atoms. The van der Waals surface area contributed by atoms with Crippen LogP contribution in [-0.4, -0.2) is 75.0 Å². The van der Waals surface area contributed by atoms with Gasteiger partial charge >= 0.3 is 12.5 Å². The van der Waals surface area contributed by atoms with Crippen LogP contribution >= 0.6 is 11.6 Å². The molecular weight excluding hydrogens is 718 g/mol. The first kappa shape index (κ1) is 38.1. The normalized spacial score (nSPS) is 18.6. The lowest BCUT2D eigenvalue weighted by atomic mass is 9.85. The molecule has 0 saturated carbocycles. The number of anilines is 2. The fraction of sp³-hybridized carbons (Fsp3) is 0.439. The second-order valence-corrected chi connectivity index (χ2v) is 16.2. The maximum atomic E-state index is 14.2. The molecule has 2 aliphatic rings. The number of pyridine rings is 1. The van der Waals surface area contributed by atoms with E-state index in [0.29, 0.717) is 41.0 Å². The van der Waals surface area contributed by atoms with E-state index < -0.39 is 6.03 Å². The number of nitrogens with zero attached hydrogens (tertiary/aromatic N) is 8. The number of likely N-dealkylation sites (N-methyl/N-ethyl adjacent to an activating group) is 1. The van der Waals surface area contributed by atoms with Gasteiger partial charge in [0.1, 0.15) is 11.9 Å². The SMILES string of the molecule is C[C@H]1CCCCN1c1nnc2ccc(O[C@@H]3CC[C@H](NC(=O)N(OC=O)c4cc(C(C)(C)C)nn4-c4ccc(Cl)c(CCN(C)C)c4)c4ccccc43)cn12. The lowest BCUT2D eigenvalue weighted by Crippen LogP contribution is -2.43. The van der Waals surface area contributed by atoms with Crippen molar-refractivity contribution in [3.8, 4) is 11.4 Å². The molecule has 3 aromatic heterocycles. The third-order valence-corrected chi connectivity index (χ3v) is 10.9. The molecule has 1 aliphatic heterocycles. The number of hydroxylamine groups is 1. The Bertz CT molecular complexity index is 2160. The van der Waals surface area contributed by atoms with E-state index in [4.69, 9.17) is 26.3 Å². The van der Waals surface area contributed by atoms with Gasteiger partial charge in [-0.15, -0.1) is 15.3 Å². The van der Waals surface area contributed by atoms with E-state index in [9.17, 15) is 9.59 Å². The third-order valence-electron chi connectivity index (χ3n) is 10.5. The molecule has 13 nitrogen and oxygen atoms in total. The minimum atomic E-state index is -0.604. The summed E-state index contributed by atoms with van der Waals surface area (Å²) in [5, 5.41) is 18.6. The van der Waals surface area contributed by atoms with Gasteiger partial charge in [0.25, 0.3) is 0 Å². The molecule has 55 heavy (non-hydrogen) atoms. The summed E-state index contributed by atoms with van der Waals surface area (Å²) in [6.45, 7) is 10.3. The predicted molar refractivity (Wildman–Crippen MR) is 213 cm³/mol. The number of carbonyl (C=O) groups excluding carboxylic acids is 2. The molecule has 1 N–H and O–H groups in total. The zero-order valence-electron chi connectivity index (χ0n) is 32.4. The summed E-state index contributed by atoms with van der Waals surface area (Å²) >= 11 is 6.60. The zero-order valence-corrected chi connectivity index (χ0v) is 33.2. The molecule has 1 aliphatic carbocycles. The Balaban J connectivity index is 1.14. The van der Waals surface area contributed by atoms with Crippen LogP contribution in [0.1, 0.15) is 94.3 Å². The monoisotopic (exact) mass is 767 g/mol. The average molecular weight is 768 g/mol. The predicted octanol–water partition coefficient (Wildman–Crippen LogP) is 7.61. The molecule has 1 saturated heterocycles. The van der Waals surface area contributed by atoms with Crippen molar-refractivity contribution >= 4 is 41.5 Å². The summed E-state index contributed by atoms with van der Waals surface area (Å²) in [5.74, 6) is 1.82. The molecule has 7 rings (SSSR count). The molecule has 3 atom stereocenters. The fourth-order valence-electron chi connectivity index (χ4n) is 7.46. The van der Waals surface area contributed by atoms with Crippen molar-refractivity contribution in [3.05, 3.63) is 94.3 Å². The van der Waals surface area contributed by atoms with Crippen molar-refractivity contribution in [2.45, 2.75) is 89.8 Å². The molecular formula is C41H50ClN9O4. The minimum absolute atomic E-state index is 0.250. The van der Waals surface area contributed by atoms with Crippen LogP contribution in [0.4, 0.5) is 16.6 Å². The average Bonchev–Trinajstić information content (AvgIpc) is 3.80. The van der Waals surface area contributed by atoms with Crippen LogP contribution in [0.2, 0.25) is 5.02 Å². The van der Waals surface area contributed by atoms with Crippen molar-refractivity contribution in [2.75, 3.05) is 37.1 Å². The van der Waals surface area contributed by atoms with Crippen LogP contribution in [0.5, 0.6) is 5.75 Å². The highest BCUT2D eigenvalue weighted by Gasteiger charge is 2.34. The molecule has 14 heteroatoms. The van der Waals surface area contributed by atoms with Gasteiger partial charge in [0, 0.05) is 35.6 Å². The summed E-state index contributed by atoms with van der Waals surface area (Å²) in [6, 6.07) is 18.6. The van der Waals surface area contributed by atoms with Gasteiger partial charge in [0.05, 0.1) is 23.6 Å². The van der Waals surface area contributed by atoms with E-state index in [0.717, 1.165) is 65.7 Å². The first-order chi connectivity index (χ1) is 26.4. The number of ether oxygens (including phenoxy) is 1. The first-order valence-electron chi connectivity index (χ1n) is 19.0. The van der Waals surface area contributed by atoms with Crippen LogP contribution in [-0.2, 0) is 21.5 Å².